The van der Waals surface area contributed by atoms with E-state index in [-0.39, 0.29) is 5.91 Å². The summed E-state index contributed by atoms with van der Waals surface area (Å²) >= 11 is 0. The number of nitrogens with zero attached hydrogens (tertiary/aromatic N) is 2. The summed E-state index contributed by atoms with van der Waals surface area (Å²) in [7, 11) is 0. The molecule has 1 fully saturated rings. The zero-order chi connectivity index (χ0) is 23.8. The molecule has 0 atom stereocenters. The van der Waals surface area contributed by atoms with Gasteiger partial charge in [0.05, 0.1) is 18.5 Å². The van der Waals surface area contributed by atoms with Crippen molar-refractivity contribution in [3.05, 3.63) is 84.1 Å². The molecule has 0 spiro atoms. The van der Waals surface area contributed by atoms with Gasteiger partial charge >= 0.3 is 0 Å². The molecule has 0 bridgehead atoms. The van der Waals surface area contributed by atoms with Crippen molar-refractivity contribution in [1.82, 2.24) is 4.98 Å². The summed E-state index contributed by atoms with van der Waals surface area (Å²) in [5.74, 6) is 1.97. The van der Waals surface area contributed by atoms with Gasteiger partial charge in [0, 0.05) is 25.1 Å². The maximum absolute atomic E-state index is 12.2. The number of pyridine rings is 1. The molecule has 1 aromatic heterocycles. The smallest absolute Gasteiger partial charge is 0.224 e. The normalized spacial score (nSPS) is 14.3. The summed E-state index contributed by atoms with van der Waals surface area (Å²) in [5.41, 5.74) is 2.28. The van der Waals surface area contributed by atoms with Crippen LogP contribution < -0.4 is 15.0 Å². The van der Waals surface area contributed by atoms with Gasteiger partial charge in [0.1, 0.15) is 11.6 Å². The second-order valence-electron chi connectivity index (χ2n) is 8.63. The van der Waals surface area contributed by atoms with Crippen LogP contribution in [0.15, 0.2) is 72.9 Å². The van der Waals surface area contributed by atoms with Gasteiger partial charge in [-0.2, -0.15) is 0 Å². The third-order valence-corrected chi connectivity index (χ3v) is 6.10. The van der Waals surface area contributed by atoms with E-state index in [2.05, 4.69) is 15.2 Å². The van der Waals surface area contributed by atoms with Crippen molar-refractivity contribution in [2.24, 2.45) is 5.92 Å². The molecule has 0 aliphatic carbocycles. The lowest BCUT2D eigenvalue weighted by molar-refractivity contribution is -0.116. The Balaban J connectivity index is 1.20. The van der Waals surface area contributed by atoms with Crippen LogP contribution in [0.3, 0.4) is 0 Å². The molecule has 1 amide bonds. The number of carbonyl (C=O) groups excluding carboxylic acids is 1. The van der Waals surface area contributed by atoms with Gasteiger partial charge in [0.2, 0.25) is 5.91 Å². The molecule has 1 aliphatic heterocycles. The Morgan fingerprint density at radius 1 is 1.06 bits per heavy atom. The molecule has 0 radical (unpaired) electrons. The van der Waals surface area contributed by atoms with E-state index in [0.717, 1.165) is 37.3 Å². The van der Waals surface area contributed by atoms with Gasteiger partial charge in [0.25, 0.3) is 0 Å². The Hall–Kier alpha value is -3.42. The standard InChI is InChI=1S/C27H31N3O4/c31-26(12-9-20-5-2-1-3-6-20)29-23-10-11-25(28-18-23)30-15-13-21(14-16-30)19-34-24-8-4-7-22(17-24)27(32)33/h1-8,10-11,17-18,21,27,32-33H,9,12-16,19H2,(H,29,31). The van der Waals surface area contributed by atoms with Crippen LogP contribution in [0.5, 0.6) is 5.75 Å². The number of benzene rings is 2. The Bertz CT molecular complexity index is 1050. The molecule has 4 rings (SSSR count). The Morgan fingerprint density at radius 2 is 1.85 bits per heavy atom. The average molecular weight is 462 g/mol. The van der Waals surface area contributed by atoms with E-state index in [1.807, 2.05) is 48.5 Å². The van der Waals surface area contributed by atoms with Crippen molar-refractivity contribution in [3.63, 3.8) is 0 Å². The number of anilines is 2. The lowest BCUT2D eigenvalue weighted by atomic mass is 9.98. The fourth-order valence-electron chi connectivity index (χ4n) is 4.08. The van der Waals surface area contributed by atoms with Gasteiger partial charge in [-0.15, -0.1) is 0 Å². The molecular weight excluding hydrogens is 430 g/mol. The fourth-order valence-corrected chi connectivity index (χ4v) is 4.08. The van der Waals surface area contributed by atoms with Gasteiger partial charge < -0.3 is 25.2 Å². The largest absolute Gasteiger partial charge is 0.493 e. The van der Waals surface area contributed by atoms with Crippen molar-refractivity contribution in [3.8, 4) is 5.75 Å². The first kappa shape index (κ1) is 23.7. The van der Waals surface area contributed by atoms with Crippen LogP contribution in [0, 0.1) is 5.92 Å². The highest BCUT2D eigenvalue weighted by Crippen LogP contribution is 2.24. The van der Waals surface area contributed by atoms with Crippen molar-refractivity contribution >= 4 is 17.4 Å². The molecule has 2 aromatic carbocycles. The second kappa shape index (κ2) is 11.6. The van der Waals surface area contributed by atoms with E-state index in [4.69, 9.17) is 4.74 Å². The highest BCUT2D eigenvalue weighted by molar-refractivity contribution is 5.90. The highest BCUT2D eigenvalue weighted by atomic mass is 16.5. The monoisotopic (exact) mass is 461 g/mol. The number of aliphatic hydroxyl groups is 2. The fraction of sp³-hybridized carbons (Fsp3) is 0.333. The summed E-state index contributed by atoms with van der Waals surface area (Å²) in [6.45, 7) is 2.37. The minimum atomic E-state index is -1.49. The number of nitrogens with one attached hydrogen (secondary N) is 1. The van der Waals surface area contributed by atoms with Crippen LogP contribution in [0.4, 0.5) is 11.5 Å². The molecular formula is C27H31N3O4. The van der Waals surface area contributed by atoms with E-state index >= 15 is 0 Å². The molecule has 0 saturated carbocycles. The first-order valence-electron chi connectivity index (χ1n) is 11.7. The number of aromatic nitrogens is 1. The Labute approximate surface area is 200 Å². The lowest BCUT2D eigenvalue weighted by Gasteiger charge is -2.32. The first-order valence-corrected chi connectivity index (χ1v) is 11.7. The molecule has 2 heterocycles. The van der Waals surface area contributed by atoms with Gasteiger partial charge in [-0.05, 0) is 55.0 Å². The number of ether oxygens (including phenoxy) is 1. The quantitative estimate of drug-likeness (QED) is 0.418. The number of aliphatic hydroxyl groups excluding tert-OH is 1. The average Bonchev–Trinajstić information content (AvgIpc) is 2.88. The number of amides is 1. The zero-order valence-electron chi connectivity index (χ0n) is 19.1. The highest BCUT2D eigenvalue weighted by Gasteiger charge is 2.21. The number of piperidine rings is 1. The zero-order valence-corrected chi connectivity index (χ0v) is 19.1. The molecule has 3 N–H and O–H groups in total. The summed E-state index contributed by atoms with van der Waals surface area (Å²) in [6, 6.07) is 20.7. The number of rotatable bonds is 9. The predicted molar refractivity (Wildman–Crippen MR) is 132 cm³/mol. The molecule has 34 heavy (non-hydrogen) atoms. The topological polar surface area (TPSA) is 94.9 Å². The second-order valence-corrected chi connectivity index (χ2v) is 8.63. The molecule has 178 valence electrons. The number of carbonyl (C=O) groups is 1. The van der Waals surface area contributed by atoms with Crippen LogP contribution in [-0.4, -0.2) is 40.8 Å². The van der Waals surface area contributed by atoms with Crippen molar-refractivity contribution in [2.75, 3.05) is 29.9 Å². The van der Waals surface area contributed by atoms with Crippen molar-refractivity contribution in [1.29, 1.82) is 0 Å². The molecule has 7 nitrogen and oxygen atoms in total. The van der Waals surface area contributed by atoms with Gasteiger partial charge in [0.15, 0.2) is 6.29 Å². The van der Waals surface area contributed by atoms with E-state index in [9.17, 15) is 15.0 Å². The maximum Gasteiger partial charge on any atom is 0.224 e. The molecule has 7 heteroatoms. The molecule has 0 unspecified atom stereocenters. The maximum atomic E-state index is 12.2. The minimum absolute atomic E-state index is 0.0155. The van der Waals surface area contributed by atoms with Crippen LogP contribution >= 0.6 is 0 Å². The van der Waals surface area contributed by atoms with E-state index < -0.39 is 6.29 Å². The molecule has 1 saturated heterocycles. The predicted octanol–water partition coefficient (Wildman–Crippen LogP) is 3.93. The summed E-state index contributed by atoms with van der Waals surface area (Å²) in [6.07, 6.45) is 3.35. The SMILES string of the molecule is O=C(CCc1ccccc1)Nc1ccc(N2CCC(COc3cccc(C(O)O)c3)CC2)nc1. The van der Waals surface area contributed by atoms with E-state index in [0.29, 0.717) is 42.4 Å². The summed E-state index contributed by atoms with van der Waals surface area (Å²) in [4.78, 5) is 19.0. The van der Waals surface area contributed by atoms with Crippen LogP contribution in [0.2, 0.25) is 0 Å². The minimum Gasteiger partial charge on any atom is -0.493 e. The third-order valence-electron chi connectivity index (χ3n) is 6.10. The van der Waals surface area contributed by atoms with Gasteiger partial charge in [-0.1, -0.05) is 42.5 Å². The van der Waals surface area contributed by atoms with Crippen molar-refractivity contribution in [2.45, 2.75) is 32.0 Å². The lowest BCUT2D eigenvalue weighted by Crippen LogP contribution is -2.36. The van der Waals surface area contributed by atoms with Crippen molar-refractivity contribution < 1.29 is 19.7 Å². The number of hydrogen-bond donors (Lipinski definition) is 3. The van der Waals surface area contributed by atoms with E-state index in [1.165, 1.54) is 0 Å². The molecule has 3 aromatic rings. The van der Waals surface area contributed by atoms with E-state index in [1.54, 1.807) is 24.4 Å². The third kappa shape index (κ3) is 6.79. The first-order chi connectivity index (χ1) is 16.6. The molecule has 1 aliphatic rings. The van der Waals surface area contributed by atoms with Crippen LogP contribution in [-0.2, 0) is 11.2 Å². The summed E-state index contributed by atoms with van der Waals surface area (Å²) in [5, 5.41) is 21.5. The van der Waals surface area contributed by atoms with Gasteiger partial charge in [-0.25, -0.2) is 4.98 Å². The van der Waals surface area contributed by atoms with Gasteiger partial charge in [-0.3, -0.25) is 4.79 Å². The van der Waals surface area contributed by atoms with Crippen LogP contribution in [0.1, 0.15) is 36.7 Å². The summed E-state index contributed by atoms with van der Waals surface area (Å²) < 4.78 is 5.88. The number of aryl methyl sites for hydroxylation is 1. The Kier molecular flexibility index (Phi) is 8.12. The van der Waals surface area contributed by atoms with Crippen LogP contribution in [0.25, 0.3) is 0 Å². The Morgan fingerprint density at radius 3 is 2.56 bits per heavy atom. The number of hydrogen-bond acceptors (Lipinski definition) is 6.